The summed E-state index contributed by atoms with van der Waals surface area (Å²) in [4.78, 5) is 5.01. The highest BCUT2D eigenvalue weighted by molar-refractivity contribution is 4.82. The standard InChI is InChI=1S/C11H23N3O/c15-10-9-13-5-1-11(2-6-13)14-7-3-12-4-8-14/h11-12,15H,1-10H2. The maximum atomic E-state index is 8.87. The summed E-state index contributed by atoms with van der Waals surface area (Å²) in [6, 6.07) is 0.794. The number of rotatable bonds is 3. The van der Waals surface area contributed by atoms with Crippen LogP contribution in [-0.2, 0) is 0 Å². The minimum Gasteiger partial charge on any atom is -0.395 e. The maximum absolute atomic E-state index is 8.87. The van der Waals surface area contributed by atoms with Crippen molar-refractivity contribution in [1.82, 2.24) is 15.1 Å². The second-order valence-corrected chi connectivity index (χ2v) is 4.58. The van der Waals surface area contributed by atoms with E-state index in [1.54, 1.807) is 0 Å². The molecule has 4 heteroatoms. The molecule has 2 N–H and O–H groups in total. The highest BCUT2D eigenvalue weighted by Gasteiger charge is 2.24. The summed E-state index contributed by atoms with van der Waals surface area (Å²) in [5.41, 5.74) is 0. The lowest BCUT2D eigenvalue weighted by Gasteiger charge is -2.40. The van der Waals surface area contributed by atoms with E-state index in [0.717, 1.165) is 38.8 Å². The number of hydrogen-bond acceptors (Lipinski definition) is 4. The van der Waals surface area contributed by atoms with Crippen molar-refractivity contribution < 1.29 is 5.11 Å². The van der Waals surface area contributed by atoms with Gasteiger partial charge in [-0.3, -0.25) is 4.90 Å². The summed E-state index contributed by atoms with van der Waals surface area (Å²) in [5.74, 6) is 0. The van der Waals surface area contributed by atoms with Crippen LogP contribution in [0.4, 0.5) is 0 Å². The van der Waals surface area contributed by atoms with Crippen molar-refractivity contribution in [2.45, 2.75) is 18.9 Å². The third-order valence-corrected chi connectivity index (χ3v) is 3.64. The van der Waals surface area contributed by atoms with Gasteiger partial charge in [-0.05, 0) is 25.9 Å². The Hall–Kier alpha value is -0.160. The van der Waals surface area contributed by atoms with Crippen LogP contribution in [0.25, 0.3) is 0 Å². The van der Waals surface area contributed by atoms with E-state index >= 15 is 0 Å². The van der Waals surface area contributed by atoms with Crippen LogP contribution in [0.5, 0.6) is 0 Å². The van der Waals surface area contributed by atoms with E-state index in [1.807, 2.05) is 0 Å². The Labute approximate surface area is 92.2 Å². The maximum Gasteiger partial charge on any atom is 0.0558 e. The zero-order chi connectivity index (χ0) is 10.5. The van der Waals surface area contributed by atoms with Crippen LogP contribution in [-0.4, -0.2) is 73.4 Å². The van der Waals surface area contributed by atoms with Crippen LogP contribution in [0.1, 0.15) is 12.8 Å². The fraction of sp³-hybridized carbons (Fsp3) is 1.00. The first-order valence-electron chi connectivity index (χ1n) is 6.18. The predicted octanol–water partition coefficient (Wildman–Crippen LogP) is -0.652. The van der Waals surface area contributed by atoms with Crippen LogP contribution in [0.2, 0.25) is 0 Å². The van der Waals surface area contributed by atoms with Gasteiger partial charge in [0, 0.05) is 38.8 Å². The number of hydrogen-bond donors (Lipinski definition) is 2. The molecule has 0 unspecified atom stereocenters. The van der Waals surface area contributed by atoms with Gasteiger partial charge in [0.2, 0.25) is 0 Å². The van der Waals surface area contributed by atoms with Crippen LogP contribution in [0, 0.1) is 0 Å². The zero-order valence-electron chi connectivity index (χ0n) is 9.49. The number of piperidine rings is 1. The first-order valence-corrected chi connectivity index (χ1v) is 6.18. The summed E-state index contributed by atoms with van der Waals surface area (Å²) in [6.07, 6.45) is 2.56. The molecular formula is C11H23N3O. The van der Waals surface area contributed by atoms with Gasteiger partial charge in [0.1, 0.15) is 0 Å². The Morgan fingerprint density at radius 1 is 1.07 bits per heavy atom. The SMILES string of the molecule is OCCN1CCC(N2CCNCC2)CC1. The van der Waals surface area contributed by atoms with Crippen molar-refractivity contribution in [3.63, 3.8) is 0 Å². The first-order chi connectivity index (χ1) is 7.40. The van der Waals surface area contributed by atoms with Crippen LogP contribution < -0.4 is 5.32 Å². The van der Waals surface area contributed by atoms with Gasteiger partial charge < -0.3 is 15.3 Å². The topological polar surface area (TPSA) is 38.7 Å². The normalized spacial score (nSPS) is 27.0. The third kappa shape index (κ3) is 3.14. The Morgan fingerprint density at radius 2 is 1.73 bits per heavy atom. The van der Waals surface area contributed by atoms with Gasteiger partial charge in [0.15, 0.2) is 0 Å². The largest absolute Gasteiger partial charge is 0.395 e. The summed E-state index contributed by atoms with van der Waals surface area (Å²) >= 11 is 0. The van der Waals surface area contributed by atoms with Crippen LogP contribution in [0.3, 0.4) is 0 Å². The average Bonchev–Trinajstić information content (AvgIpc) is 2.32. The van der Waals surface area contributed by atoms with Gasteiger partial charge in [0.05, 0.1) is 6.61 Å². The molecule has 0 bridgehead atoms. The van der Waals surface area contributed by atoms with Gasteiger partial charge in [-0.1, -0.05) is 0 Å². The number of nitrogens with zero attached hydrogens (tertiary/aromatic N) is 2. The van der Waals surface area contributed by atoms with Gasteiger partial charge in [-0.2, -0.15) is 0 Å². The highest BCUT2D eigenvalue weighted by Crippen LogP contribution is 2.16. The molecule has 4 nitrogen and oxygen atoms in total. The van der Waals surface area contributed by atoms with Crippen molar-refractivity contribution in [2.75, 3.05) is 52.4 Å². The summed E-state index contributed by atoms with van der Waals surface area (Å²) in [7, 11) is 0. The fourth-order valence-electron chi connectivity index (χ4n) is 2.70. The highest BCUT2D eigenvalue weighted by atomic mass is 16.3. The van der Waals surface area contributed by atoms with Crippen molar-refractivity contribution in [3.8, 4) is 0 Å². The molecule has 2 fully saturated rings. The smallest absolute Gasteiger partial charge is 0.0558 e. The number of piperazine rings is 1. The quantitative estimate of drug-likeness (QED) is 0.653. The van der Waals surface area contributed by atoms with E-state index in [9.17, 15) is 0 Å². The Balaban J connectivity index is 1.72. The first kappa shape index (κ1) is 11.3. The third-order valence-electron chi connectivity index (χ3n) is 3.64. The zero-order valence-corrected chi connectivity index (χ0v) is 9.49. The van der Waals surface area contributed by atoms with E-state index in [1.165, 1.54) is 25.9 Å². The number of nitrogens with one attached hydrogen (secondary N) is 1. The van der Waals surface area contributed by atoms with Crippen molar-refractivity contribution in [2.24, 2.45) is 0 Å². The summed E-state index contributed by atoms with van der Waals surface area (Å²) in [5, 5.41) is 12.3. The molecule has 2 aliphatic rings. The second kappa shape index (κ2) is 5.80. The minimum absolute atomic E-state index is 0.304. The van der Waals surface area contributed by atoms with Crippen LogP contribution >= 0.6 is 0 Å². The number of β-amino-alcohol motifs (C(OH)–C–C–N with tert-alkyl or cyclic N) is 1. The van der Waals surface area contributed by atoms with Gasteiger partial charge in [-0.25, -0.2) is 0 Å². The van der Waals surface area contributed by atoms with Gasteiger partial charge >= 0.3 is 0 Å². The summed E-state index contributed by atoms with van der Waals surface area (Å²) in [6.45, 7) is 8.21. The van der Waals surface area contributed by atoms with Gasteiger partial charge in [0.25, 0.3) is 0 Å². The molecule has 88 valence electrons. The van der Waals surface area contributed by atoms with E-state index in [0.29, 0.717) is 6.61 Å². The van der Waals surface area contributed by atoms with E-state index < -0.39 is 0 Å². The number of aliphatic hydroxyl groups is 1. The van der Waals surface area contributed by atoms with Crippen LogP contribution in [0.15, 0.2) is 0 Å². The molecule has 2 rings (SSSR count). The van der Waals surface area contributed by atoms with Gasteiger partial charge in [-0.15, -0.1) is 0 Å². The Kier molecular flexibility index (Phi) is 4.38. The molecule has 2 heterocycles. The average molecular weight is 213 g/mol. The molecule has 0 aromatic rings. The fourth-order valence-corrected chi connectivity index (χ4v) is 2.70. The number of aliphatic hydroxyl groups excluding tert-OH is 1. The lowest BCUT2D eigenvalue weighted by atomic mass is 10.0. The van der Waals surface area contributed by atoms with Crippen molar-refractivity contribution in [3.05, 3.63) is 0 Å². The molecule has 15 heavy (non-hydrogen) atoms. The van der Waals surface area contributed by atoms with Crippen molar-refractivity contribution >= 4 is 0 Å². The van der Waals surface area contributed by atoms with E-state index in [2.05, 4.69) is 15.1 Å². The number of likely N-dealkylation sites (tertiary alicyclic amines) is 1. The molecule has 0 spiro atoms. The lowest BCUT2D eigenvalue weighted by molar-refractivity contribution is 0.0881. The van der Waals surface area contributed by atoms with Crippen molar-refractivity contribution in [1.29, 1.82) is 0 Å². The molecule has 0 aliphatic carbocycles. The molecule has 2 saturated heterocycles. The second-order valence-electron chi connectivity index (χ2n) is 4.58. The van der Waals surface area contributed by atoms with E-state index in [4.69, 9.17) is 5.11 Å². The monoisotopic (exact) mass is 213 g/mol. The molecule has 0 saturated carbocycles. The molecule has 0 amide bonds. The molecule has 0 atom stereocenters. The predicted molar refractivity (Wildman–Crippen MR) is 61.0 cm³/mol. The minimum atomic E-state index is 0.304. The molecule has 0 radical (unpaired) electrons. The Bertz CT molecular complexity index is 175. The van der Waals surface area contributed by atoms with E-state index in [-0.39, 0.29) is 0 Å². The molecule has 2 aliphatic heterocycles. The molecule has 0 aromatic heterocycles. The molecular weight excluding hydrogens is 190 g/mol. The summed E-state index contributed by atoms with van der Waals surface area (Å²) < 4.78 is 0. The Morgan fingerprint density at radius 3 is 2.33 bits per heavy atom. The lowest BCUT2D eigenvalue weighted by Crippen LogP contribution is -2.52. The molecule has 0 aromatic carbocycles.